The van der Waals surface area contributed by atoms with Gasteiger partial charge in [0.05, 0.1) is 6.26 Å². The van der Waals surface area contributed by atoms with Crippen LogP contribution in [0.3, 0.4) is 0 Å². The first-order chi connectivity index (χ1) is 18.3. The van der Waals surface area contributed by atoms with Crippen LogP contribution in [0.25, 0.3) is 0 Å². The Morgan fingerprint density at radius 3 is 2.54 bits per heavy atom. The van der Waals surface area contributed by atoms with Crippen LogP contribution in [0.4, 0.5) is 36.4 Å². The fourth-order valence-electron chi connectivity index (χ4n) is 4.09. The predicted molar refractivity (Wildman–Crippen MR) is 141 cm³/mol. The van der Waals surface area contributed by atoms with E-state index in [1.165, 1.54) is 13.2 Å². The third kappa shape index (κ3) is 6.56. The van der Waals surface area contributed by atoms with Crippen LogP contribution in [0.5, 0.6) is 0 Å². The van der Waals surface area contributed by atoms with Gasteiger partial charge in [0.2, 0.25) is 16.0 Å². The lowest BCUT2D eigenvalue weighted by atomic mass is 10.1. The van der Waals surface area contributed by atoms with E-state index in [9.17, 15) is 26.4 Å². The second kappa shape index (κ2) is 11.0. The Morgan fingerprint density at radius 2 is 1.87 bits per heavy atom. The van der Waals surface area contributed by atoms with Crippen molar-refractivity contribution < 1.29 is 26.4 Å². The van der Waals surface area contributed by atoms with Crippen molar-refractivity contribution in [3.05, 3.63) is 65.0 Å². The van der Waals surface area contributed by atoms with E-state index in [0.29, 0.717) is 36.1 Å². The highest BCUT2D eigenvalue weighted by molar-refractivity contribution is 7.92. The molecule has 0 radical (unpaired) electrons. The van der Waals surface area contributed by atoms with Crippen LogP contribution in [0.15, 0.2) is 42.7 Å². The molecular formula is C25H28F3N7O3S. The normalized spacial score (nSPS) is 13.8. The molecule has 0 spiro atoms. The number of benzene rings is 1. The zero-order valence-corrected chi connectivity index (χ0v) is 22.4. The van der Waals surface area contributed by atoms with Crippen molar-refractivity contribution in [2.45, 2.75) is 32.5 Å². The van der Waals surface area contributed by atoms with Crippen molar-refractivity contribution in [3.63, 3.8) is 0 Å². The smallest absolute Gasteiger partial charge is 0.365 e. The number of carbonyl (C=O) groups is 1. The number of hydrogen-bond acceptors (Lipinski definition) is 8. The van der Waals surface area contributed by atoms with E-state index >= 15 is 0 Å². The molecule has 1 aliphatic heterocycles. The predicted octanol–water partition coefficient (Wildman–Crippen LogP) is 4.19. The fourth-order valence-corrected chi connectivity index (χ4v) is 4.56. The molecule has 1 saturated heterocycles. The molecule has 39 heavy (non-hydrogen) atoms. The average Bonchev–Trinajstić information content (AvgIpc) is 3.42. The lowest BCUT2D eigenvalue weighted by Crippen LogP contribution is -2.27. The maximum Gasteiger partial charge on any atom is 0.421 e. The summed E-state index contributed by atoms with van der Waals surface area (Å²) in [6.45, 7) is 2.97. The van der Waals surface area contributed by atoms with Crippen LogP contribution < -0.4 is 14.9 Å². The van der Waals surface area contributed by atoms with Crippen LogP contribution in [0, 0.1) is 6.92 Å². The van der Waals surface area contributed by atoms with Gasteiger partial charge in [-0.25, -0.2) is 18.4 Å². The van der Waals surface area contributed by atoms with E-state index in [1.807, 2.05) is 0 Å². The molecule has 0 bridgehead atoms. The van der Waals surface area contributed by atoms with Crippen molar-refractivity contribution in [3.8, 4) is 0 Å². The van der Waals surface area contributed by atoms with Crippen molar-refractivity contribution in [2.24, 2.45) is 0 Å². The molecule has 14 heteroatoms. The fraction of sp³-hybridized carbons (Fsp3) is 0.360. The summed E-state index contributed by atoms with van der Waals surface area (Å²) < 4.78 is 66.2. The zero-order valence-electron chi connectivity index (χ0n) is 21.6. The number of nitrogens with one attached hydrogen (secondary N) is 2. The monoisotopic (exact) mass is 563 g/mol. The number of amides is 1. The first-order valence-electron chi connectivity index (χ1n) is 12.1. The van der Waals surface area contributed by atoms with Crippen LogP contribution in [0.2, 0.25) is 0 Å². The molecule has 2 N–H and O–H groups in total. The molecule has 3 heterocycles. The van der Waals surface area contributed by atoms with E-state index in [2.05, 4.69) is 25.6 Å². The van der Waals surface area contributed by atoms with Gasteiger partial charge in [0, 0.05) is 55.9 Å². The van der Waals surface area contributed by atoms with E-state index in [1.54, 1.807) is 42.2 Å². The topological polar surface area (TPSA) is 120 Å². The molecule has 0 saturated carbocycles. The van der Waals surface area contributed by atoms with E-state index in [0.717, 1.165) is 29.0 Å². The molecule has 0 atom stereocenters. The number of hydrogen-bond donors (Lipinski definition) is 2. The minimum Gasteiger partial charge on any atom is -0.365 e. The second-order valence-electron chi connectivity index (χ2n) is 9.18. The Hall–Kier alpha value is -3.94. The Kier molecular flexibility index (Phi) is 7.95. The van der Waals surface area contributed by atoms with Gasteiger partial charge in [0.15, 0.2) is 0 Å². The van der Waals surface area contributed by atoms with Gasteiger partial charge in [-0.3, -0.25) is 9.10 Å². The summed E-state index contributed by atoms with van der Waals surface area (Å²) in [4.78, 5) is 26.6. The molecule has 0 unspecified atom stereocenters. The Balaban J connectivity index is 1.62. The molecular weight excluding hydrogens is 535 g/mol. The lowest BCUT2D eigenvalue weighted by Gasteiger charge is -2.20. The largest absolute Gasteiger partial charge is 0.421 e. The van der Waals surface area contributed by atoms with Crippen LogP contribution >= 0.6 is 0 Å². The maximum atomic E-state index is 13.8. The summed E-state index contributed by atoms with van der Waals surface area (Å²) >= 11 is 0. The lowest BCUT2D eigenvalue weighted by molar-refractivity contribution is -0.137. The first-order valence-corrected chi connectivity index (χ1v) is 13.9. The number of halogens is 3. The van der Waals surface area contributed by atoms with Crippen LogP contribution in [0.1, 0.15) is 39.9 Å². The summed E-state index contributed by atoms with van der Waals surface area (Å²) in [6, 6.07) is 8.19. The second-order valence-corrected chi connectivity index (χ2v) is 11.2. The number of likely N-dealkylation sites (tertiary alicyclic amines) is 1. The number of aromatic nitrogens is 3. The minimum atomic E-state index is -4.75. The molecule has 1 amide bonds. The quantitative estimate of drug-likeness (QED) is 0.419. The molecule has 4 rings (SSSR count). The molecule has 1 aromatic carbocycles. The van der Waals surface area contributed by atoms with Gasteiger partial charge < -0.3 is 15.5 Å². The van der Waals surface area contributed by atoms with Gasteiger partial charge in [0.1, 0.15) is 17.2 Å². The Labute approximate surface area is 224 Å². The van der Waals surface area contributed by atoms with Crippen molar-refractivity contribution in [1.82, 2.24) is 19.9 Å². The molecule has 3 aromatic rings. The number of pyridine rings is 1. The summed E-state index contributed by atoms with van der Waals surface area (Å²) in [7, 11) is -2.35. The van der Waals surface area contributed by atoms with Crippen molar-refractivity contribution in [1.29, 1.82) is 0 Å². The number of carbonyl (C=O) groups excluding carboxylic acids is 1. The number of anilines is 4. The van der Waals surface area contributed by atoms with Crippen LogP contribution in [-0.2, 0) is 22.7 Å². The maximum absolute atomic E-state index is 13.8. The Bertz CT molecular complexity index is 1480. The number of aryl methyl sites for hydroxylation is 1. The molecule has 2 aromatic heterocycles. The third-order valence-electron chi connectivity index (χ3n) is 6.33. The van der Waals surface area contributed by atoms with Gasteiger partial charge in [-0.1, -0.05) is 12.1 Å². The number of alkyl halides is 3. The molecule has 1 aliphatic rings. The standard InChI is InChI=1S/C25H28F3N7O3S/c1-16-8-9-17(23(36)35-11-4-5-12-35)13-20(16)32-24-31-15-19(25(26,27)28)21(33-24)30-14-18-7-6-10-29-22(18)34(2)39(3,37)38/h6-10,13,15H,4-5,11-12,14H2,1-3H3,(H2,30,31,32,33). The average molecular weight is 564 g/mol. The van der Waals surface area contributed by atoms with Gasteiger partial charge >= 0.3 is 6.18 Å². The minimum absolute atomic E-state index is 0.0728. The first kappa shape index (κ1) is 28.1. The van der Waals surface area contributed by atoms with E-state index in [-0.39, 0.29) is 24.2 Å². The number of rotatable bonds is 8. The summed E-state index contributed by atoms with van der Waals surface area (Å²) in [6.07, 6.45) is 0.198. The zero-order chi connectivity index (χ0) is 28.4. The highest BCUT2D eigenvalue weighted by Crippen LogP contribution is 2.35. The van der Waals surface area contributed by atoms with Crippen molar-refractivity contribution in [2.75, 3.05) is 41.3 Å². The van der Waals surface area contributed by atoms with Crippen molar-refractivity contribution >= 4 is 39.2 Å². The molecule has 0 aliphatic carbocycles. The highest BCUT2D eigenvalue weighted by Gasteiger charge is 2.35. The third-order valence-corrected chi connectivity index (χ3v) is 7.50. The number of sulfonamides is 1. The SMILES string of the molecule is Cc1ccc(C(=O)N2CCCC2)cc1Nc1ncc(C(F)(F)F)c(NCc2cccnc2N(C)S(C)(=O)=O)n1. The summed E-state index contributed by atoms with van der Waals surface area (Å²) in [5.74, 6) is -0.654. The van der Waals surface area contributed by atoms with Gasteiger partial charge in [0.25, 0.3) is 5.91 Å². The van der Waals surface area contributed by atoms with Gasteiger partial charge in [-0.05, 0) is 43.5 Å². The highest BCUT2D eigenvalue weighted by atomic mass is 32.2. The molecule has 10 nitrogen and oxygen atoms in total. The molecule has 1 fully saturated rings. The summed E-state index contributed by atoms with van der Waals surface area (Å²) in [5.41, 5.74) is 0.930. The summed E-state index contributed by atoms with van der Waals surface area (Å²) in [5, 5.41) is 5.58. The van der Waals surface area contributed by atoms with Gasteiger partial charge in [-0.2, -0.15) is 18.2 Å². The van der Waals surface area contributed by atoms with E-state index in [4.69, 9.17) is 0 Å². The number of nitrogens with zero attached hydrogens (tertiary/aromatic N) is 5. The molecule has 208 valence electrons. The van der Waals surface area contributed by atoms with Gasteiger partial charge in [-0.15, -0.1) is 0 Å². The van der Waals surface area contributed by atoms with E-state index < -0.39 is 27.6 Å². The Morgan fingerprint density at radius 1 is 1.15 bits per heavy atom. The van der Waals surface area contributed by atoms with Crippen LogP contribution in [-0.4, -0.2) is 60.6 Å².